The van der Waals surface area contributed by atoms with Gasteiger partial charge in [-0.2, -0.15) is 0 Å². The van der Waals surface area contributed by atoms with E-state index in [4.69, 9.17) is 16.0 Å². The van der Waals surface area contributed by atoms with Crippen LogP contribution >= 0.6 is 11.6 Å². The molecule has 0 spiro atoms. The maximum Gasteiger partial charge on any atom is 0.200 e. The van der Waals surface area contributed by atoms with E-state index in [9.17, 15) is 8.42 Å². The highest BCUT2D eigenvalue weighted by Gasteiger charge is 2.46. The number of rotatable bonds is 2. The van der Waals surface area contributed by atoms with Gasteiger partial charge in [0.05, 0.1) is 10.3 Å². The smallest absolute Gasteiger partial charge is 0.200 e. The average molecular weight is 383 g/mol. The predicted octanol–water partition coefficient (Wildman–Crippen LogP) is 3.79. The number of fused-ring (bicyclic) bond motifs is 2. The van der Waals surface area contributed by atoms with Crippen LogP contribution in [0.5, 0.6) is 0 Å². The summed E-state index contributed by atoms with van der Waals surface area (Å²) in [5.74, 6) is 0.523. The molecule has 0 N–H and O–H groups in total. The first-order chi connectivity index (χ1) is 11.7. The number of nitrogens with zero attached hydrogens (tertiary/aromatic N) is 2. The molecule has 0 aliphatic carbocycles. The van der Waals surface area contributed by atoms with Crippen LogP contribution in [-0.4, -0.2) is 42.7 Å². The Morgan fingerprint density at radius 2 is 2.00 bits per heavy atom. The molecule has 2 saturated heterocycles. The SMILES string of the molecule is CC(C)(C)c1nc2ccc(Cl)c(S(=O)(=O)[C@H]3CCN4CCC[C@@H]34)c2o1. The van der Waals surface area contributed by atoms with Gasteiger partial charge in [0.15, 0.2) is 15.4 Å². The molecule has 2 atom stereocenters. The third-order valence-corrected chi connectivity index (χ3v) is 8.08. The molecule has 3 heterocycles. The van der Waals surface area contributed by atoms with Gasteiger partial charge in [-0.05, 0) is 44.5 Å². The van der Waals surface area contributed by atoms with Crippen LogP contribution in [0.2, 0.25) is 5.02 Å². The van der Waals surface area contributed by atoms with Crippen molar-refractivity contribution >= 4 is 32.5 Å². The van der Waals surface area contributed by atoms with Gasteiger partial charge in [0.1, 0.15) is 10.4 Å². The quantitative estimate of drug-likeness (QED) is 0.790. The molecule has 5 nitrogen and oxygen atoms in total. The van der Waals surface area contributed by atoms with Crippen LogP contribution in [0.15, 0.2) is 21.4 Å². The Labute approximate surface area is 153 Å². The minimum atomic E-state index is -3.59. The van der Waals surface area contributed by atoms with Crippen molar-refractivity contribution in [2.24, 2.45) is 0 Å². The number of hydrogen-bond acceptors (Lipinski definition) is 5. The maximum absolute atomic E-state index is 13.5. The molecule has 1 aromatic carbocycles. The van der Waals surface area contributed by atoms with Crippen LogP contribution in [0.25, 0.3) is 11.1 Å². The van der Waals surface area contributed by atoms with Gasteiger partial charge < -0.3 is 4.42 Å². The highest BCUT2D eigenvalue weighted by molar-refractivity contribution is 7.92. The molecule has 4 rings (SSSR count). The fourth-order valence-corrected chi connectivity index (χ4v) is 6.74. The first-order valence-corrected chi connectivity index (χ1v) is 10.7. The second kappa shape index (κ2) is 5.69. The van der Waals surface area contributed by atoms with Crippen molar-refractivity contribution in [3.63, 3.8) is 0 Å². The van der Waals surface area contributed by atoms with Gasteiger partial charge in [0.25, 0.3) is 0 Å². The molecular weight excluding hydrogens is 360 g/mol. The summed E-state index contributed by atoms with van der Waals surface area (Å²) >= 11 is 6.35. The molecule has 2 aliphatic rings. The Bertz CT molecular complexity index is 930. The van der Waals surface area contributed by atoms with Crippen molar-refractivity contribution in [2.75, 3.05) is 13.1 Å². The van der Waals surface area contributed by atoms with Crippen LogP contribution in [0, 0.1) is 0 Å². The summed E-state index contributed by atoms with van der Waals surface area (Å²) in [4.78, 5) is 6.90. The first kappa shape index (κ1) is 17.3. The molecule has 2 aliphatic heterocycles. The lowest BCUT2D eigenvalue weighted by molar-refractivity contribution is 0.324. The number of sulfone groups is 1. The largest absolute Gasteiger partial charge is 0.439 e. The highest BCUT2D eigenvalue weighted by atomic mass is 35.5. The van der Waals surface area contributed by atoms with Crippen LogP contribution in [0.4, 0.5) is 0 Å². The van der Waals surface area contributed by atoms with E-state index in [1.54, 1.807) is 12.1 Å². The standard InChI is InChI=1S/C18H23ClN2O3S/c1-18(2,3)17-20-12-7-6-11(19)16(15(12)24-17)25(22,23)14-8-10-21-9-4-5-13(14)21/h6-7,13-14H,4-5,8-10H2,1-3H3/t13-,14-/m0/s1. The minimum absolute atomic E-state index is 0.0985. The van der Waals surface area contributed by atoms with E-state index >= 15 is 0 Å². The highest BCUT2D eigenvalue weighted by Crippen LogP contribution is 2.40. The summed E-state index contributed by atoms with van der Waals surface area (Å²) in [6, 6.07) is 3.44. The Balaban J connectivity index is 1.87. The van der Waals surface area contributed by atoms with Gasteiger partial charge in [-0.25, -0.2) is 13.4 Å². The van der Waals surface area contributed by atoms with Crippen LogP contribution in [0.1, 0.15) is 45.9 Å². The third-order valence-electron chi connectivity index (χ3n) is 5.33. The van der Waals surface area contributed by atoms with Crippen molar-refractivity contribution in [3.05, 3.63) is 23.0 Å². The normalized spacial score (nSPS) is 25.0. The average Bonchev–Trinajstić information content (AvgIpc) is 3.19. The molecule has 2 aromatic rings. The van der Waals surface area contributed by atoms with Gasteiger partial charge in [-0.3, -0.25) is 4.90 Å². The fraction of sp³-hybridized carbons (Fsp3) is 0.611. The molecule has 0 amide bonds. The molecule has 0 saturated carbocycles. The molecule has 2 fully saturated rings. The van der Waals surface area contributed by atoms with E-state index < -0.39 is 15.1 Å². The zero-order valence-electron chi connectivity index (χ0n) is 14.8. The topological polar surface area (TPSA) is 63.4 Å². The van der Waals surface area contributed by atoms with Gasteiger partial charge in [0, 0.05) is 11.5 Å². The number of oxazole rings is 1. The lowest BCUT2D eigenvalue weighted by Gasteiger charge is -2.21. The van der Waals surface area contributed by atoms with Gasteiger partial charge in [-0.1, -0.05) is 32.4 Å². The summed E-state index contributed by atoms with van der Waals surface area (Å²) in [7, 11) is -3.59. The molecular formula is C18H23ClN2O3S. The summed E-state index contributed by atoms with van der Waals surface area (Å²) < 4.78 is 32.9. The van der Waals surface area contributed by atoms with Crippen LogP contribution < -0.4 is 0 Å². The zero-order valence-corrected chi connectivity index (χ0v) is 16.3. The van der Waals surface area contributed by atoms with Crippen molar-refractivity contribution < 1.29 is 12.8 Å². The van der Waals surface area contributed by atoms with Crippen molar-refractivity contribution in [2.45, 2.75) is 61.6 Å². The van der Waals surface area contributed by atoms with Crippen molar-refractivity contribution in [1.82, 2.24) is 9.88 Å². The van der Waals surface area contributed by atoms with E-state index in [0.717, 1.165) is 25.9 Å². The molecule has 7 heteroatoms. The lowest BCUT2D eigenvalue weighted by atomic mass is 9.97. The molecule has 1 aromatic heterocycles. The van der Waals surface area contributed by atoms with Gasteiger partial charge in [-0.15, -0.1) is 0 Å². The van der Waals surface area contributed by atoms with E-state index in [-0.39, 0.29) is 21.4 Å². The third kappa shape index (κ3) is 2.69. The number of hydrogen-bond donors (Lipinski definition) is 0. The van der Waals surface area contributed by atoms with E-state index in [1.165, 1.54) is 0 Å². The molecule has 25 heavy (non-hydrogen) atoms. The second-order valence-corrected chi connectivity index (χ2v) is 10.6. The van der Waals surface area contributed by atoms with Gasteiger partial charge >= 0.3 is 0 Å². The number of aromatic nitrogens is 1. The summed E-state index contributed by atoms with van der Waals surface area (Å²) in [5.41, 5.74) is 0.547. The Morgan fingerprint density at radius 3 is 2.72 bits per heavy atom. The van der Waals surface area contributed by atoms with Crippen molar-refractivity contribution in [3.8, 4) is 0 Å². The predicted molar refractivity (Wildman–Crippen MR) is 97.9 cm³/mol. The van der Waals surface area contributed by atoms with Crippen LogP contribution in [0.3, 0.4) is 0 Å². The lowest BCUT2D eigenvalue weighted by Crippen LogP contribution is -2.34. The minimum Gasteiger partial charge on any atom is -0.439 e. The molecule has 136 valence electrons. The zero-order chi connectivity index (χ0) is 18.0. The Hall–Kier alpha value is -1.11. The van der Waals surface area contributed by atoms with Crippen LogP contribution in [-0.2, 0) is 15.3 Å². The summed E-state index contributed by atoms with van der Waals surface area (Å²) in [6.07, 6.45) is 2.65. The monoisotopic (exact) mass is 382 g/mol. The van der Waals surface area contributed by atoms with E-state index in [2.05, 4.69) is 9.88 Å². The maximum atomic E-state index is 13.5. The van der Waals surface area contributed by atoms with Gasteiger partial charge in [0.2, 0.25) is 5.89 Å². The first-order valence-electron chi connectivity index (χ1n) is 8.77. The molecule has 0 unspecified atom stereocenters. The van der Waals surface area contributed by atoms with E-state index in [1.807, 2.05) is 20.8 Å². The molecule has 0 bridgehead atoms. The summed E-state index contributed by atoms with van der Waals surface area (Å²) in [5, 5.41) is -0.193. The number of halogens is 1. The van der Waals surface area contributed by atoms with Crippen molar-refractivity contribution in [1.29, 1.82) is 0 Å². The fourth-order valence-electron chi connectivity index (χ4n) is 4.08. The molecule has 0 radical (unpaired) electrons. The Morgan fingerprint density at radius 1 is 1.24 bits per heavy atom. The Kier molecular flexibility index (Phi) is 3.94. The number of benzene rings is 1. The second-order valence-electron chi connectivity index (χ2n) is 8.11. The van der Waals surface area contributed by atoms with E-state index in [0.29, 0.717) is 23.4 Å². The summed E-state index contributed by atoms with van der Waals surface area (Å²) in [6.45, 7) is 7.79.